The summed E-state index contributed by atoms with van der Waals surface area (Å²) in [6.45, 7) is 1.94. The molecule has 2 N–H and O–H groups in total. The van der Waals surface area contributed by atoms with Gasteiger partial charge in [0.25, 0.3) is 5.91 Å². The first-order chi connectivity index (χ1) is 12.0. The minimum atomic E-state index is -0.524. The number of hydrogen-bond acceptors (Lipinski definition) is 5. The van der Waals surface area contributed by atoms with E-state index < -0.39 is 5.82 Å². The Morgan fingerprint density at radius 3 is 2.80 bits per heavy atom. The standard InChI is InChI=1S/C18H17FN4OS/c1-11(15-4-3-7-25-15)23(2)18(24)13-8-12(9-14(19)10-13)17-21-6-5-16(20)22-17/h3-11H,1-2H3,(H2,20,21,22). The molecule has 3 rings (SSSR count). The lowest BCUT2D eigenvalue weighted by atomic mass is 10.1. The van der Waals surface area contributed by atoms with E-state index in [0.717, 1.165) is 4.88 Å². The summed E-state index contributed by atoms with van der Waals surface area (Å²) in [4.78, 5) is 23.6. The second-order valence-electron chi connectivity index (χ2n) is 5.64. The minimum Gasteiger partial charge on any atom is -0.384 e. The summed E-state index contributed by atoms with van der Waals surface area (Å²) in [5, 5.41) is 1.96. The number of nitrogen functional groups attached to an aromatic ring is 1. The molecule has 0 saturated heterocycles. The fraction of sp³-hybridized carbons (Fsp3) is 0.167. The topological polar surface area (TPSA) is 72.1 Å². The van der Waals surface area contributed by atoms with Crippen molar-refractivity contribution in [3.05, 3.63) is 64.2 Å². The SMILES string of the molecule is CC(c1cccs1)N(C)C(=O)c1cc(F)cc(-c2nccc(N)n2)c1. The molecular weight excluding hydrogens is 339 g/mol. The molecular formula is C18H17FN4OS. The fourth-order valence-corrected chi connectivity index (χ4v) is 3.28. The van der Waals surface area contributed by atoms with Crippen LogP contribution >= 0.6 is 11.3 Å². The van der Waals surface area contributed by atoms with E-state index in [1.54, 1.807) is 35.4 Å². The molecule has 7 heteroatoms. The van der Waals surface area contributed by atoms with Crippen LogP contribution in [0.3, 0.4) is 0 Å². The first-order valence-electron chi connectivity index (χ1n) is 7.66. The molecule has 3 aromatic rings. The van der Waals surface area contributed by atoms with Crippen molar-refractivity contribution in [2.75, 3.05) is 12.8 Å². The van der Waals surface area contributed by atoms with Crippen LogP contribution in [-0.2, 0) is 0 Å². The summed E-state index contributed by atoms with van der Waals surface area (Å²) < 4.78 is 14.1. The third-order valence-corrected chi connectivity index (χ3v) is 4.98. The maximum Gasteiger partial charge on any atom is 0.254 e. The molecule has 128 valence electrons. The van der Waals surface area contributed by atoms with E-state index in [9.17, 15) is 9.18 Å². The summed E-state index contributed by atoms with van der Waals surface area (Å²) in [6.07, 6.45) is 1.50. The highest BCUT2D eigenvalue weighted by Gasteiger charge is 2.21. The molecule has 1 atom stereocenters. The summed E-state index contributed by atoms with van der Waals surface area (Å²) in [5.41, 5.74) is 6.31. The zero-order valence-electron chi connectivity index (χ0n) is 13.8. The summed E-state index contributed by atoms with van der Waals surface area (Å²) >= 11 is 1.57. The number of carbonyl (C=O) groups excluding carboxylic acids is 1. The average molecular weight is 356 g/mol. The molecule has 2 heterocycles. The Labute approximate surface area is 149 Å². The van der Waals surface area contributed by atoms with Crippen molar-refractivity contribution >= 4 is 23.1 Å². The summed E-state index contributed by atoms with van der Waals surface area (Å²) in [7, 11) is 1.70. The molecule has 0 bridgehead atoms. The van der Waals surface area contributed by atoms with Crippen LogP contribution in [0.4, 0.5) is 10.2 Å². The van der Waals surface area contributed by atoms with Gasteiger partial charge in [-0.2, -0.15) is 0 Å². The quantitative estimate of drug-likeness (QED) is 0.772. The number of thiophene rings is 1. The van der Waals surface area contributed by atoms with Crippen molar-refractivity contribution in [3.8, 4) is 11.4 Å². The van der Waals surface area contributed by atoms with Crippen LogP contribution in [0, 0.1) is 5.82 Å². The lowest BCUT2D eigenvalue weighted by Gasteiger charge is -2.24. The van der Waals surface area contributed by atoms with Gasteiger partial charge in [-0.05, 0) is 42.6 Å². The van der Waals surface area contributed by atoms with Gasteiger partial charge in [-0.15, -0.1) is 11.3 Å². The Balaban J connectivity index is 1.93. The number of amides is 1. The molecule has 0 radical (unpaired) electrons. The zero-order valence-corrected chi connectivity index (χ0v) is 14.6. The van der Waals surface area contributed by atoms with E-state index in [-0.39, 0.29) is 29.2 Å². The van der Waals surface area contributed by atoms with E-state index in [1.165, 1.54) is 18.3 Å². The second kappa shape index (κ2) is 6.98. The van der Waals surface area contributed by atoms with Gasteiger partial charge in [0.2, 0.25) is 0 Å². The number of carbonyl (C=O) groups is 1. The van der Waals surface area contributed by atoms with Gasteiger partial charge in [0.15, 0.2) is 5.82 Å². The van der Waals surface area contributed by atoms with Gasteiger partial charge in [0, 0.05) is 29.2 Å². The maximum absolute atomic E-state index is 14.1. The molecule has 25 heavy (non-hydrogen) atoms. The highest BCUT2D eigenvalue weighted by molar-refractivity contribution is 7.10. The lowest BCUT2D eigenvalue weighted by molar-refractivity contribution is 0.0744. The molecule has 5 nitrogen and oxygen atoms in total. The Hall–Kier alpha value is -2.80. The fourth-order valence-electron chi connectivity index (χ4n) is 2.45. The number of aromatic nitrogens is 2. The van der Waals surface area contributed by atoms with Crippen molar-refractivity contribution in [1.82, 2.24) is 14.9 Å². The zero-order chi connectivity index (χ0) is 18.0. The molecule has 0 aliphatic heterocycles. The van der Waals surface area contributed by atoms with Crippen molar-refractivity contribution in [2.45, 2.75) is 13.0 Å². The average Bonchev–Trinajstić information content (AvgIpc) is 3.14. The first-order valence-corrected chi connectivity index (χ1v) is 8.53. The monoisotopic (exact) mass is 356 g/mol. The van der Waals surface area contributed by atoms with Crippen LogP contribution in [0.1, 0.15) is 28.2 Å². The van der Waals surface area contributed by atoms with Crippen molar-refractivity contribution < 1.29 is 9.18 Å². The van der Waals surface area contributed by atoms with Crippen molar-refractivity contribution in [2.24, 2.45) is 0 Å². The summed E-state index contributed by atoms with van der Waals surface area (Å²) in [5.74, 6) is -0.234. The number of halogens is 1. The molecule has 0 saturated carbocycles. The van der Waals surface area contributed by atoms with Crippen LogP contribution in [0.15, 0.2) is 48.0 Å². The second-order valence-corrected chi connectivity index (χ2v) is 6.62. The summed E-state index contributed by atoms with van der Waals surface area (Å²) in [6, 6.07) is 9.43. The molecule has 1 aromatic carbocycles. The maximum atomic E-state index is 14.1. The van der Waals surface area contributed by atoms with Gasteiger partial charge in [0.05, 0.1) is 6.04 Å². The molecule has 0 spiro atoms. The lowest BCUT2D eigenvalue weighted by Crippen LogP contribution is -2.29. The smallest absolute Gasteiger partial charge is 0.254 e. The number of anilines is 1. The highest BCUT2D eigenvalue weighted by Crippen LogP contribution is 2.26. The predicted molar refractivity (Wildman–Crippen MR) is 96.7 cm³/mol. The third-order valence-electron chi connectivity index (χ3n) is 3.94. The van der Waals surface area contributed by atoms with E-state index in [1.807, 2.05) is 24.4 Å². The van der Waals surface area contributed by atoms with E-state index in [4.69, 9.17) is 5.73 Å². The van der Waals surface area contributed by atoms with E-state index >= 15 is 0 Å². The van der Waals surface area contributed by atoms with Crippen LogP contribution in [0.2, 0.25) is 0 Å². The molecule has 2 aromatic heterocycles. The number of rotatable bonds is 4. The molecule has 0 aliphatic carbocycles. The molecule has 1 amide bonds. The van der Waals surface area contributed by atoms with Crippen LogP contribution in [-0.4, -0.2) is 27.8 Å². The van der Waals surface area contributed by atoms with E-state index in [2.05, 4.69) is 9.97 Å². The first kappa shape index (κ1) is 17.0. The highest BCUT2D eigenvalue weighted by atomic mass is 32.1. The predicted octanol–water partition coefficient (Wildman–Crippen LogP) is 3.76. The third kappa shape index (κ3) is 3.66. The molecule has 0 aliphatic rings. The number of nitrogens with zero attached hydrogens (tertiary/aromatic N) is 3. The van der Waals surface area contributed by atoms with Gasteiger partial charge in [-0.1, -0.05) is 6.07 Å². The minimum absolute atomic E-state index is 0.108. The normalized spacial score (nSPS) is 12.0. The van der Waals surface area contributed by atoms with Crippen LogP contribution in [0.25, 0.3) is 11.4 Å². The van der Waals surface area contributed by atoms with E-state index in [0.29, 0.717) is 5.56 Å². The number of nitrogens with two attached hydrogens (primary N) is 1. The van der Waals surface area contributed by atoms with Crippen molar-refractivity contribution in [1.29, 1.82) is 0 Å². The molecule has 1 unspecified atom stereocenters. The van der Waals surface area contributed by atoms with Crippen LogP contribution in [0.5, 0.6) is 0 Å². The Bertz CT molecular complexity index is 898. The van der Waals surface area contributed by atoms with Gasteiger partial charge in [0.1, 0.15) is 11.6 Å². The van der Waals surface area contributed by atoms with Gasteiger partial charge in [-0.3, -0.25) is 4.79 Å². The molecule has 0 fully saturated rings. The van der Waals surface area contributed by atoms with Gasteiger partial charge in [-0.25, -0.2) is 14.4 Å². The van der Waals surface area contributed by atoms with Crippen LogP contribution < -0.4 is 5.73 Å². The van der Waals surface area contributed by atoms with Gasteiger partial charge >= 0.3 is 0 Å². The largest absolute Gasteiger partial charge is 0.384 e. The Kier molecular flexibility index (Phi) is 4.76. The van der Waals surface area contributed by atoms with Gasteiger partial charge < -0.3 is 10.6 Å². The Morgan fingerprint density at radius 2 is 2.12 bits per heavy atom. The number of hydrogen-bond donors (Lipinski definition) is 1. The number of benzene rings is 1. The van der Waals surface area contributed by atoms with Crippen molar-refractivity contribution in [3.63, 3.8) is 0 Å². The Morgan fingerprint density at radius 1 is 1.32 bits per heavy atom.